The molecule has 2 aromatic rings. The number of carboxylic acid groups (broad SMARTS) is 1. The predicted octanol–water partition coefficient (Wildman–Crippen LogP) is 3.08. The van der Waals surface area contributed by atoms with Crippen molar-refractivity contribution in [3.63, 3.8) is 0 Å². The van der Waals surface area contributed by atoms with Gasteiger partial charge in [0.1, 0.15) is 0 Å². The van der Waals surface area contributed by atoms with Gasteiger partial charge in [-0.3, -0.25) is 4.79 Å². The van der Waals surface area contributed by atoms with Gasteiger partial charge in [-0.2, -0.15) is 0 Å². The molecule has 1 aromatic heterocycles. The quantitative estimate of drug-likeness (QED) is 0.840. The second kappa shape index (κ2) is 5.73. The molecule has 0 saturated heterocycles. The van der Waals surface area contributed by atoms with Gasteiger partial charge in [-0.1, -0.05) is 24.2 Å². The molecule has 1 N–H and O–H groups in total. The van der Waals surface area contributed by atoms with E-state index in [9.17, 15) is 4.79 Å². The standard InChI is InChI=1S/C13H13NO3S/c1-2-18-11-5-3-9(4-6-11)12-7-10(14-17-12)8-13(15)16/h3-7H,2,8H2,1H3,(H,15,16). The van der Waals surface area contributed by atoms with E-state index in [-0.39, 0.29) is 6.42 Å². The first-order valence-electron chi connectivity index (χ1n) is 5.59. The van der Waals surface area contributed by atoms with Gasteiger partial charge >= 0.3 is 5.97 Å². The van der Waals surface area contributed by atoms with Crippen molar-refractivity contribution in [3.05, 3.63) is 36.0 Å². The number of benzene rings is 1. The molecule has 4 nitrogen and oxygen atoms in total. The first-order chi connectivity index (χ1) is 8.69. The van der Waals surface area contributed by atoms with Crippen LogP contribution in [0.15, 0.2) is 39.8 Å². The molecule has 1 aromatic carbocycles. The molecule has 0 saturated carbocycles. The molecule has 0 aliphatic carbocycles. The van der Waals surface area contributed by atoms with Gasteiger partial charge in [-0.05, 0) is 17.9 Å². The van der Waals surface area contributed by atoms with Crippen molar-refractivity contribution in [1.82, 2.24) is 5.16 Å². The lowest BCUT2D eigenvalue weighted by atomic mass is 10.1. The highest BCUT2D eigenvalue weighted by Gasteiger charge is 2.09. The summed E-state index contributed by atoms with van der Waals surface area (Å²) >= 11 is 1.77. The molecule has 1 heterocycles. The van der Waals surface area contributed by atoms with E-state index < -0.39 is 5.97 Å². The lowest BCUT2D eigenvalue weighted by Crippen LogP contribution is -1.99. The minimum Gasteiger partial charge on any atom is -0.481 e. The summed E-state index contributed by atoms with van der Waals surface area (Å²) in [5.74, 6) is 0.716. The molecule has 5 heteroatoms. The van der Waals surface area contributed by atoms with Crippen LogP contribution in [0.3, 0.4) is 0 Å². The van der Waals surface area contributed by atoms with Crippen LogP contribution in [0.25, 0.3) is 11.3 Å². The van der Waals surface area contributed by atoms with Crippen LogP contribution < -0.4 is 0 Å². The topological polar surface area (TPSA) is 63.3 Å². The molecule has 0 radical (unpaired) electrons. The number of nitrogens with zero attached hydrogens (tertiary/aromatic N) is 1. The van der Waals surface area contributed by atoms with Gasteiger partial charge < -0.3 is 9.63 Å². The third-order valence-corrected chi connectivity index (χ3v) is 3.24. The highest BCUT2D eigenvalue weighted by Crippen LogP contribution is 2.24. The number of hydrogen-bond acceptors (Lipinski definition) is 4. The molecule has 0 unspecified atom stereocenters. The number of rotatable bonds is 5. The van der Waals surface area contributed by atoms with Crippen LogP contribution in [0.2, 0.25) is 0 Å². The van der Waals surface area contributed by atoms with Gasteiger partial charge in [0.2, 0.25) is 0 Å². The van der Waals surface area contributed by atoms with Crippen molar-refractivity contribution >= 4 is 17.7 Å². The molecular formula is C13H13NO3S. The molecule has 0 aliphatic heterocycles. The van der Waals surface area contributed by atoms with Crippen molar-refractivity contribution in [1.29, 1.82) is 0 Å². The second-order valence-electron chi connectivity index (χ2n) is 3.71. The number of thioether (sulfide) groups is 1. The van der Waals surface area contributed by atoms with Gasteiger partial charge in [-0.25, -0.2) is 0 Å². The lowest BCUT2D eigenvalue weighted by Gasteiger charge is -1.99. The minimum atomic E-state index is -0.912. The Balaban J connectivity index is 2.15. The Bertz CT molecular complexity index is 533. The van der Waals surface area contributed by atoms with Gasteiger partial charge in [0.05, 0.1) is 12.1 Å². The summed E-state index contributed by atoms with van der Waals surface area (Å²) in [4.78, 5) is 11.7. The van der Waals surface area contributed by atoms with E-state index in [0.29, 0.717) is 11.5 Å². The fraction of sp³-hybridized carbons (Fsp3) is 0.231. The molecule has 0 amide bonds. The van der Waals surface area contributed by atoms with Gasteiger partial charge in [0.15, 0.2) is 5.76 Å². The Morgan fingerprint density at radius 1 is 1.39 bits per heavy atom. The van der Waals surface area contributed by atoms with Crippen LogP contribution in [0.1, 0.15) is 12.6 Å². The first-order valence-corrected chi connectivity index (χ1v) is 6.58. The van der Waals surface area contributed by atoms with E-state index in [1.165, 1.54) is 4.90 Å². The van der Waals surface area contributed by atoms with Crippen molar-refractivity contribution in [3.8, 4) is 11.3 Å². The molecular weight excluding hydrogens is 250 g/mol. The maximum Gasteiger partial charge on any atom is 0.309 e. The zero-order chi connectivity index (χ0) is 13.0. The molecule has 18 heavy (non-hydrogen) atoms. The monoisotopic (exact) mass is 263 g/mol. The fourth-order valence-corrected chi connectivity index (χ4v) is 2.23. The zero-order valence-corrected chi connectivity index (χ0v) is 10.7. The average molecular weight is 263 g/mol. The van der Waals surface area contributed by atoms with Crippen molar-refractivity contribution in [2.45, 2.75) is 18.2 Å². The molecule has 0 atom stereocenters. The van der Waals surface area contributed by atoms with E-state index >= 15 is 0 Å². The van der Waals surface area contributed by atoms with Crippen LogP contribution in [0.5, 0.6) is 0 Å². The molecule has 0 fully saturated rings. The SMILES string of the molecule is CCSc1ccc(-c2cc(CC(=O)O)no2)cc1. The maximum absolute atomic E-state index is 10.5. The van der Waals surface area contributed by atoms with Crippen molar-refractivity contribution in [2.24, 2.45) is 0 Å². The van der Waals surface area contributed by atoms with E-state index in [1.54, 1.807) is 17.8 Å². The summed E-state index contributed by atoms with van der Waals surface area (Å²) in [6.07, 6.45) is -0.118. The number of aliphatic carboxylic acids is 1. The smallest absolute Gasteiger partial charge is 0.309 e. The zero-order valence-electron chi connectivity index (χ0n) is 9.92. The van der Waals surface area contributed by atoms with Gasteiger partial charge in [0.25, 0.3) is 0 Å². The highest BCUT2D eigenvalue weighted by atomic mass is 32.2. The van der Waals surface area contributed by atoms with E-state index in [1.807, 2.05) is 24.3 Å². The van der Waals surface area contributed by atoms with Crippen molar-refractivity contribution < 1.29 is 14.4 Å². The average Bonchev–Trinajstić information content (AvgIpc) is 2.78. The normalized spacial score (nSPS) is 10.5. The lowest BCUT2D eigenvalue weighted by molar-refractivity contribution is -0.136. The highest BCUT2D eigenvalue weighted by molar-refractivity contribution is 7.99. The van der Waals surface area contributed by atoms with E-state index in [4.69, 9.17) is 9.63 Å². The van der Waals surface area contributed by atoms with Crippen molar-refractivity contribution in [2.75, 3.05) is 5.75 Å². The number of carboxylic acids is 1. The number of carbonyl (C=O) groups is 1. The van der Waals surface area contributed by atoms with E-state index in [0.717, 1.165) is 11.3 Å². The number of aromatic nitrogens is 1. The molecule has 2 rings (SSSR count). The van der Waals surface area contributed by atoms with Crippen LogP contribution >= 0.6 is 11.8 Å². The number of hydrogen-bond donors (Lipinski definition) is 1. The van der Waals surface area contributed by atoms with Crippen LogP contribution in [-0.2, 0) is 11.2 Å². The Kier molecular flexibility index (Phi) is 4.04. The summed E-state index contributed by atoms with van der Waals surface area (Å²) in [6, 6.07) is 9.59. The maximum atomic E-state index is 10.5. The van der Waals surface area contributed by atoms with Crippen LogP contribution in [0.4, 0.5) is 0 Å². The summed E-state index contributed by atoms with van der Waals surface area (Å²) < 4.78 is 5.13. The molecule has 0 aliphatic rings. The summed E-state index contributed by atoms with van der Waals surface area (Å²) in [6.45, 7) is 2.10. The summed E-state index contributed by atoms with van der Waals surface area (Å²) in [7, 11) is 0. The third-order valence-electron chi connectivity index (χ3n) is 2.34. The molecule has 0 bridgehead atoms. The van der Waals surface area contributed by atoms with E-state index in [2.05, 4.69) is 12.1 Å². The Morgan fingerprint density at radius 2 is 2.11 bits per heavy atom. The predicted molar refractivity (Wildman–Crippen MR) is 69.7 cm³/mol. The Labute approximate surface area is 109 Å². The largest absolute Gasteiger partial charge is 0.481 e. The van der Waals surface area contributed by atoms with Gasteiger partial charge in [0, 0.05) is 16.5 Å². The minimum absolute atomic E-state index is 0.118. The summed E-state index contributed by atoms with van der Waals surface area (Å²) in [5.41, 5.74) is 1.34. The van der Waals surface area contributed by atoms with Crippen LogP contribution in [-0.4, -0.2) is 22.0 Å². The molecule has 0 spiro atoms. The van der Waals surface area contributed by atoms with Gasteiger partial charge in [-0.15, -0.1) is 11.8 Å². The third kappa shape index (κ3) is 3.13. The first kappa shape index (κ1) is 12.7. The van der Waals surface area contributed by atoms with Crippen LogP contribution in [0, 0.1) is 0 Å². The Hall–Kier alpha value is -1.75. The molecule has 94 valence electrons. The fourth-order valence-electron chi connectivity index (χ4n) is 1.57. The summed E-state index contributed by atoms with van der Waals surface area (Å²) in [5, 5.41) is 12.4. The second-order valence-corrected chi connectivity index (χ2v) is 5.05. The Morgan fingerprint density at radius 3 is 2.72 bits per heavy atom.